The molecule has 1 aromatic rings. The van der Waals surface area contributed by atoms with E-state index in [0.29, 0.717) is 11.4 Å². The van der Waals surface area contributed by atoms with E-state index >= 15 is 0 Å². The lowest BCUT2D eigenvalue weighted by atomic mass is 10.4. The Bertz CT molecular complexity index is 468. The Balaban J connectivity index is 2.67. The van der Waals surface area contributed by atoms with Gasteiger partial charge in [0.25, 0.3) is 0 Å². The molecule has 1 aromatic heterocycles. The van der Waals surface area contributed by atoms with Crippen LogP contribution in [0.1, 0.15) is 11.3 Å². The van der Waals surface area contributed by atoms with E-state index < -0.39 is 10.0 Å². The second-order valence-corrected chi connectivity index (χ2v) is 7.43. The molecule has 0 amide bonds. The average Bonchev–Trinajstić information content (AvgIpc) is 2.77. The molecule has 1 heterocycles. The summed E-state index contributed by atoms with van der Waals surface area (Å²) in [6.45, 7) is 1.22. The van der Waals surface area contributed by atoms with Crippen molar-refractivity contribution in [1.29, 1.82) is 0 Å². The van der Waals surface area contributed by atoms with Crippen molar-refractivity contribution in [3.8, 4) is 0 Å². The number of thiophene rings is 1. The third-order valence-electron chi connectivity index (χ3n) is 2.57. The Morgan fingerprint density at radius 3 is 2.44 bits per heavy atom. The first kappa shape index (κ1) is 15.6. The maximum atomic E-state index is 12.2. The Hall–Kier alpha value is -0.470. The Labute approximate surface area is 113 Å². The fourth-order valence-electron chi connectivity index (χ4n) is 1.49. The fourth-order valence-corrected chi connectivity index (χ4v) is 3.82. The van der Waals surface area contributed by atoms with E-state index in [1.54, 1.807) is 12.4 Å². The summed E-state index contributed by atoms with van der Waals surface area (Å²) in [6, 6.07) is 1.53. The van der Waals surface area contributed by atoms with Gasteiger partial charge in [-0.15, -0.1) is 11.3 Å². The first-order chi connectivity index (χ1) is 8.37. The molecule has 0 atom stereocenters. The molecule has 0 aromatic carbocycles. The van der Waals surface area contributed by atoms with Gasteiger partial charge in [0, 0.05) is 23.8 Å². The average molecular weight is 292 g/mol. The van der Waals surface area contributed by atoms with Crippen molar-refractivity contribution in [2.45, 2.75) is 17.9 Å². The van der Waals surface area contributed by atoms with Crippen LogP contribution >= 0.6 is 11.3 Å². The van der Waals surface area contributed by atoms with Crippen LogP contribution in [0.25, 0.3) is 0 Å². The fraction of sp³-hybridized carbons (Fsp3) is 0.636. The van der Waals surface area contributed by atoms with Gasteiger partial charge in [-0.3, -0.25) is 0 Å². The van der Waals surface area contributed by atoms with Crippen LogP contribution in [0.3, 0.4) is 0 Å². The van der Waals surface area contributed by atoms with Crippen LogP contribution in [0.5, 0.6) is 0 Å². The van der Waals surface area contributed by atoms with Gasteiger partial charge in [0.15, 0.2) is 0 Å². The minimum atomic E-state index is -3.41. The van der Waals surface area contributed by atoms with Crippen molar-refractivity contribution in [3.63, 3.8) is 0 Å². The van der Waals surface area contributed by atoms with Crippen LogP contribution in [0.15, 0.2) is 16.3 Å². The van der Waals surface area contributed by atoms with Crippen molar-refractivity contribution in [3.05, 3.63) is 16.3 Å². The summed E-state index contributed by atoms with van der Waals surface area (Å²) in [7, 11) is 2.09. The Morgan fingerprint density at radius 2 is 1.94 bits per heavy atom. The van der Waals surface area contributed by atoms with Gasteiger partial charge in [0.2, 0.25) is 10.0 Å². The molecule has 0 saturated heterocycles. The largest absolute Gasteiger partial charge is 0.391 e. The number of sulfonamides is 1. The molecule has 0 saturated carbocycles. The first-order valence-electron chi connectivity index (χ1n) is 5.67. The van der Waals surface area contributed by atoms with E-state index in [1.807, 2.05) is 19.0 Å². The monoisotopic (exact) mass is 292 g/mol. The lowest BCUT2D eigenvalue weighted by molar-refractivity contribution is 0.285. The Kier molecular flexibility index (Phi) is 5.74. The number of aliphatic hydroxyl groups is 1. The van der Waals surface area contributed by atoms with E-state index in [0.717, 1.165) is 13.0 Å². The summed E-state index contributed by atoms with van der Waals surface area (Å²) in [4.78, 5) is 2.95. The van der Waals surface area contributed by atoms with Crippen molar-refractivity contribution < 1.29 is 13.5 Å². The van der Waals surface area contributed by atoms with Gasteiger partial charge in [-0.1, -0.05) is 0 Å². The molecule has 0 aliphatic heterocycles. The number of hydrogen-bond acceptors (Lipinski definition) is 5. The van der Waals surface area contributed by atoms with Crippen LogP contribution in [0.4, 0.5) is 0 Å². The zero-order chi connectivity index (χ0) is 13.8. The predicted octanol–water partition coefficient (Wildman–Crippen LogP) is 0.813. The molecule has 0 fully saturated rings. The number of nitrogens with zero attached hydrogens (tertiary/aromatic N) is 2. The topological polar surface area (TPSA) is 60.9 Å². The van der Waals surface area contributed by atoms with Gasteiger partial charge >= 0.3 is 0 Å². The Morgan fingerprint density at radius 1 is 1.28 bits per heavy atom. The molecule has 5 nitrogen and oxygen atoms in total. The summed E-state index contributed by atoms with van der Waals surface area (Å²) in [5.41, 5.74) is 0. The van der Waals surface area contributed by atoms with Gasteiger partial charge in [0.1, 0.15) is 0 Å². The normalized spacial score (nSPS) is 12.6. The number of hydrogen-bond donors (Lipinski definition) is 1. The molecule has 0 bridgehead atoms. The zero-order valence-electron chi connectivity index (χ0n) is 11.0. The molecule has 0 spiro atoms. The van der Waals surface area contributed by atoms with Crippen LogP contribution in [-0.2, 0) is 16.6 Å². The highest BCUT2D eigenvalue weighted by molar-refractivity contribution is 7.89. The number of aliphatic hydroxyl groups excluding tert-OH is 1. The van der Waals surface area contributed by atoms with Gasteiger partial charge in [0.05, 0.1) is 11.5 Å². The van der Waals surface area contributed by atoms with E-state index in [2.05, 4.69) is 0 Å². The summed E-state index contributed by atoms with van der Waals surface area (Å²) < 4.78 is 25.7. The third-order valence-corrected chi connectivity index (χ3v) is 5.48. The van der Waals surface area contributed by atoms with Crippen molar-refractivity contribution >= 4 is 21.4 Å². The lowest BCUT2D eigenvalue weighted by Crippen LogP contribution is -2.29. The highest BCUT2D eigenvalue weighted by Crippen LogP contribution is 2.22. The molecule has 0 unspecified atom stereocenters. The quantitative estimate of drug-likeness (QED) is 0.808. The van der Waals surface area contributed by atoms with Crippen molar-refractivity contribution in [2.75, 3.05) is 34.2 Å². The summed E-state index contributed by atoms with van der Waals surface area (Å²) in [5.74, 6) is 0. The van der Waals surface area contributed by atoms with E-state index in [-0.39, 0.29) is 11.5 Å². The smallest absolute Gasteiger partial charge is 0.243 e. The third kappa shape index (κ3) is 4.03. The molecule has 0 aliphatic carbocycles. The maximum absolute atomic E-state index is 12.2. The van der Waals surface area contributed by atoms with Crippen LogP contribution in [-0.4, -0.2) is 57.0 Å². The second-order valence-electron chi connectivity index (χ2n) is 4.39. The van der Waals surface area contributed by atoms with E-state index in [1.165, 1.54) is 21.7 Å². The number of rotatable bonds is 7. The summed E-state index contributed by atoms with van der Waals surface area (Å²) in [6.07, 6.45) is 0.791. The molecule has 1 N–H and O–H groups in total. The summed E-state index contributed by atoms with van der Waals surface area (Å²) >= 11 is 1.26. The molecule has 18 heavy (non-hydrogen) atoms. The van der Waals surface area contributed by atoms with Crippen LogP contribution < -0.4 is 0 Å². The highest BCUT2D eigenvalue weighted by atomic mass is 32.2. The molecular formula is C11H20N2O3S2. The predicted molar refractivity (Wildman–Crippen MR) is 73.2 cm³/mol. The summed E-state index contributed by atoms with van der Waals surface area (Å²) in [5, 5.41) is 10.5. The van der Waals surface area contributed by atoms with Gasteiger partial charge in [-0.2, -0.15) is 0 Å². The zero-order valence-corrected chi connectivity index (χ0v) is 12.6. The minimum absolute atomic E-state index is 0.121. The SMILES string of the molecule is CN(C)CCCN(C)S(=O)(=O)c1csc(CO)c1. The van der Waals surface area contributed by atoms with Crippen molar-refractivity contribution in [1.82, 2.24) is 9.21 Å². The molecule has 7 heteroatoms. The van der Waals surface area contributed by atoms with Crippen LogP contribution in [0, 0.1) is 0 Å². The molecule has 0 radical (unpaired) electrons. The molecule has 104 valence electrons. The lowest BCUT2D eigenvalue weighted by Gasteiger charge is -2.17. The standard InChI is InChI=1S/C11H20N2O3S2/c1-12(2)5-4-6-13(3)18(15,16)11-7-10(8-14)17-9-11/h7,9,14H,4-6,8H2,1-3H3. The van der Waals surface area contributed by atoms with Gasteiger partial charge in [-0.05, 0) is 33.1 Å². The van der Waals surface area contributed by atoms with Crippen molar-refractivity contribution in [2.24, 2.45) is 0 Å². The van der Waals surface area contributed by atoms with Crippen LogP contribution in [0.2, 0.25) is 0 Å². The van der Waals surface area contributed by atoms with E-state index in [4.69, 9.17) is 5.11 Å². The van der Waals surface area contributed by atoms with Gasteiger partial charge < -0.3 is 10.0 Å². The maximum Gasteiger partial charge on any atom is 0.243 e. The minimum Gasteiger partial charge on any atom is -0.391 e. The second kappa shape index (κ2) is 6.63. The van der Waals surface area contributed by atoms with E-state index in [9.17, 15) is 8.42 Å². The molecule has 1 rings (SSSR count). The van der Waals surface area contributed by atoms with Gasteiger partial charge in [-0.25, -0.2) is 12.7 Å². The highest BCUT2D eigenvalue weighted by Gasteiger charge is 2.21. The first-order valence-corrected chi connectivity index (χ1v) is 7.99. The molecular weight excluding hydrogens is 272 g/mol. The molecule has 0 aliphatic rings.